The molecule has 0 aromatic heterocycles. The van der Waals surface area contributed by atoms with Gasteiger partial charge in [0.15, 0.2) is 0 Å². The Bertz CT molecular complexity index is 381. The zero-order valence-electron chi connectivity index (χ0n) is 13.1. The highest BCUT2D eigenvalue weighted by molar-refractivity contribution is 5.82. The summed E-state index contributed by atoms with van der Waals surface area (Å²) in [5.74, 6) is 2.28. The molecule has 114 valence electrons. The molecule has 0 saturated heterocycles. The summed E-state index contributed by atoms with van der Waals surface area (Å²) in [6, 6.07) is 0.0632. The van der Waals surface area contributed by atoms with Crippen molar-refractivity contribution in [3.8, 4) is 0 Å². The third-order valence-corrected chi connectivity index (χ3v) is 4.52. The van der Waals surface area contributed by atoms with Crippen LogP contribution in [0.25, 0.3) is 0 Å². The maximum atomic E-state index is 12.0. The van der Waals surface area contributed by atoms with E-state index in [4.69, 9.17) is 0 Å². The van der Waals surface area contributed by atoms with Gasteiger partial charge in [-0.15, -0.1) is 0 Å². The van der Waals surface area contributed by atoms with Crippen molar-refractivity contribution >= 4 is 11.8 Å². The molecule has 2 fully saturated rings. The summed E-state index contributed by atoms with van der Waals surface area (Å²) in [5.41, 5.74) is 0. The summed E-state index contributed by atoms with van der Waals surface area (Å²) >= 11 is 0. The van der Waals surface area contributed by atoms with E-state index >= 15 is 0 Å². The zero-order valence-corrected chi connectivity index (χ0v) is 13.1. The van der Waals surface area contributed by atoms with E-state index in [9.17, 15) is 9.59 Å². The molecule has 0 radical (unpaired) electrons. The van der Waals surface area contributed by atoms with Crippen LogP contribution in [0.2, 0.25) is 0 Å². The lowest BCUT2D eigenvalue weighted by Crippen LogP contribution is -2.45. The van der Waals surface area contributed by atoms with E-state index in [2.05, 4.69) is 38.3 Å². The van der Waals surface area contributed by atoms with Gasteiger partial charge in [0.05, 0.1) is 0 Å². The molecule has 0 heterocycles. The van der Waals surface area contributed by atoms with E-state index in [1.165, 1.54) is 0 Å². The van der Waals surface area contributed by atoms with Gasteiger partial charge in [-0.3, -0.25) is 9.59 Å². The lowest BCUT2D eigenvalue weighted by molar-refractivity contribution is -0.125. The molecule has 20 heavy (non-hydrogen) atoms. The molecule has 0 aromatic carbocycles. The second kappa shape index (κ2) is 6.15. The van der Waals surface area contributed by atoms with E-state index in [0.29, 0.717) is 24.3 Å². The Hall–Kier alpha value is -1.06. The normalized spacial score (nSPS) is 32.6. The molecule has 5 atom stereocenters. The first kappa shape index (κ1) is 15.3. The fraction of sp³-hybridized carbons (Fsp3) is 0.875. The Kier molecular flexibility index (Phi) is 4.71. The van der Waals surface area contributed by atoms with Gasteiger partial charge in [0.1, 0.15) is 0 Å². The molecule has 0 spiro atoms. The minimum Gasteiger partial charge on any atom is -0.354 e. The van der Waals surface area contributed by atoms with Crippen LogP contribution in [0.1, 0.15) is 47.0 Å². The van der Waals surface area contributed by atoms with Crippen LogP contribution < -0.4 is 10.6 Å². The van der Waals surface area contributed by atoms with Gasteiger partial charge in [0, 0.05) is 24.4 Å². The molecule has 0 aromatic rings. The Morgan fingerprint density at radius 3 is 2.00 bits per heavy atom. The number of carbonyl (C=O) groups excluding carboxylic acids is 2. The third-order valence-electron chi connectivity index (χ3n) is 4.52. The predicted octanol–water partition coefficient (Wildman–Crippen LogP) is 1.95. The number of nitrogens with one attached hydrogen (secondary N) is 2. The van der Waals surface area contributed by atoms with Crippen LogP contribution >= 0.6 is 0 Å². The largest absolute Gasteiger partial charge is 0.354 e. The summed E-state index contributed by atoms with van der Waals surface area (Å²) in [6.07, 6.45) is 2.92. The standard InChI is InChI=1S/C16H28N2O2/c1-9(2)5-12(18-16(20)14-7-11(14)4)8-17-15(19)13-6-10(13)3/h9-14H,5-8H2,1-4H3,(H,17,19)(H,18,20)/t10-,11+,12+,13+,14-/m0/s1. The van der Waals surface area contributed by atoms with Crippen LogP contribution in [-0.2, 0) is 9.59 Å². The van der Waals surface area contributed by atoms with E-state index in [0.717, 1.165) is 19.3 Å². The van der Waals surface area contributed by atoms with Crippen LogP contribution in [0.5, 0.6) is 0 Å². The lowest BCUT2D eigenvalue weighted by atomic mass is 10.0. The number of hydrogen-bond acceptors (Lipinski definition) is 2. The van der Waals surface area contributed by atoms with Gasteiger partial charge < -0.3 is 10.6 Å². The maximum absolute atomic E-state index is 12.0. The van der Waals surface area contributed by atoms with Crippen molar-refractivity contribution in [2.45, 2.75) is 53.0 Å². The fourth-order valence-electron chi connectivity index (χ4n) is 2.80. The Morgan fingerprint density at radius 2 is 1.55 bits per heavy atom. The first-order valence-corrected chi connectivity index (χ1v) is 7.96. The fourth-order valence-corrected chi connectivity index (χ4v) is 2.80. The highest BCUT2D eigenvalue weighted by Gasteiger charge is 2.40. The van der Waals surface area contributed by atoms with Gasteiger partial charge >= 0.3 is 0 Å². The molecule has 4 nitrogen and oxygen atoms in total. The first-order valence-electron chi connectivity index (χ1n) is 7.96. The van der Waals surface area contributed by atoms with Gasteiger partial charge in [-0.05, 0) is 37.0 Å². The van der Waals surface area contributed by atoms with Gasteiger partial charge in [0.25, 0.3) is 0 Å². The molecule has 2 saturated carbocycles. The van der Waals surface area contributed by atoms with Crippen molar-refractivity contribution < 1.29 is 9.59 Å². The second-order valence-corrected chi connectivity index (χ2v) is 7.22. The molecule has 2 N–H and O–H groups in total. The van der Waals surface area contributed by atoms with Crippen molar-refractivity contribution in [1.29, 1.82) is 0 Å². The quantitative estimate of drug-likeness (QED) is 0.749. The van der Waals surface area contributed by atoms with Crippen LogP contribution in [0, 0.1) is 29.6 Å². The van der Waals surface area contributed by atoms with E-state index in [-0.39, 0.29) is 29.7 Å². The SMILES string of the molecule is CC(C)C[C@H](CNC(=O)[C@@H]1C[C@@H]1C)NC(=O)[C@H]1C[C@H]1C. The Morgan fingerprint density at radius 1 is 1.05 bits per heavy atom. The molecule has 4 heteroatoms. The molecule has 0 bridgehead atoms. The van der Waals surface area contributed by atoms with Crippen LogP contribution in [0.4, 0.5) is 0 Å². The van der Waals surface area contributed by atoms with Gasteiger partial charge in [-0.2, -0.15) is 0 Å². The molecule has 2 amide bonds. The first-order chi connectivity index (χ1) is 9.38. The molecule has 2 aliphatic carbocycles. The minimum atomic E-state index is 0.0632. The monoisotopic (exact) mass is 280 g/mol. The van der Waals surface area contributed by atoms with Crippen molar-refractivity contribution in [1.82, 2.24) is 10.6 Å². The van der Waals surface area contributed by atoms with Crippen molar-refractivity contribution in [3.63, 3.8) is 0 Å². The van der Waals surface area contributed by atoms with Crippen molar-refractivity contribution in [3.05, 3.63) is 0 Å². The zero-order chi connectivity index (χ0) is 14.9. The molecular formula is C16H28N2O2. The Balaban J connectivity index is 1.77. The summed E-state index contributed by atoms with van der Waals surface area (Å²) in [6.45, 7) is 9.06. The van der Waals surface area contributed by atoms with Gasteiger partial charge in [-0.1, -0.05) is 27.7 Å². The second-order valence-electron chi connectivity index (χ2n) is 7.22. The third kappa shape index (κ3) is 4.22. The molecule has 2 aliphatic rings. The molecule has 2 rings (SSSR count). The van der Waals surface area contributed by atoms with E-state index in [1.807, 2.05) is 0 Å². The minimum absolute atomic E-state index is 0.0632. The number of hydrogen-bond donors (Lipinski definition) is 2. The smallest absolute Gasteiger partial charge is 0.223 e. The predicted molar refractivity (Wildman–Crippen MR) is 78.9 cm³/mol. The van der Waals surface area contributed by atoms with E-state index < -0.39 is 0 Å². The van der Waals surface area contributed by atoms with Crippen molar-refractivity contribution in [2.24, 2.45) is 29.6 Å². The topological polar surface area (TPSA) is 58.2 Å². The van der Waals surface area contributed by atoms with Crippen LogP contribution in [-0.4, -0.2) is 24.4 Å². The molecule has 0 aliphatic heterocycles. The van der Waals surface area contributed by atoms with Gasteiger partial charge in [-0.25, -0.2) is 0 Å². The summed E-state index contributed by atoms with van der Waals surface area (Å²) in [5, 5.41) is 6.12. The number of rotatable bonds is 7. The molecule has 0 unspecified atom stereocenters. The van der Waals surface area contributed by atoms with E-state index in [1.54, 1.807) is 0 Å². The van der Waals surface area contributed by atoms with Crippen LogP contribution in [0.3, 0.4) is 0 Å². The highest BCUT2D eigenvalue weighted by atomic mass is 16.2. The number of carbonyl (C=O) groups is 2. The highest BCUT2D eigenvalue weighted by Crippen LogP contribution is 2.38. The van der Waals surface area contributed by atoms with Crippen LogP contribution in [0.15, 0.2) is 0 Å². The summed E-state index contributed by atoms with van der Waals surface area (Å²) in [7, 11) is 0. The Labute approximate surface area is 122 Å². The maximum Gasteiger partial charge on any atom is 0.223 e. The van der Waals surface area contributed by atoms with Crippen molar-refractivity contribution in [2.75, 3.05) is 6.54 Å². The lowest BCUT2D eigenvalue weighted by Gasteiger charge is -2.21. The average Bonchev–Trinajstić information content (AvgIpc) is 3.24. The van der Waals surface area contributed by atoms with Gasteiger partial charge in [0.2, 0.25) is 11.8 Å². The molecular weight excluding hydrogens is 252 g/mol. The average molecular weight is 280 g/mol. The number of amides is 2. The summed E-state index contributed by atoms with van der Waals surface area (Å²) < 4.78 is 0. The summed E-state index contributed by atoms with van der Waals surface area (Å²) in [4.78, 5) is 23.9.